The Labute approximate surface area is 134 Å². The highest BCUT2D eigenvalue weighted by molar-refractivity contribution is 8.00. The minimum Gasteiger partial charge on any atom is -0.351 e. The van der Waals surface area contributed by atoms with Crippen LogP contribution >= 0.6 is 11.8 Å². The van der Waals surface area contributed by atoms with Crippen molar-refractivity contribution in [2.24, 2.45) is 0 Å². The van der Waals surface area contributed by atoms with E-state index in [1.807, 2.05) is 24.3 Å². The summed E-state index contributed by atoms with van der Waals surface area (Å²) >= 11 is 1.52. The minimum atomic E-state index is -0.116. The van der Waals surface area contributed by atoms with Gasteiger partial charge in [0.2, 0.25) is 11.8 Å². The normalized spacial score (nSPS) is 17.7. The molecule has 2 aliphatic rings. The Balaban J connectivity index is 1.61. The first-order valence-electron chi connectivity index (χ1n) is 7.41. The molecule has 0 saturated carbocycles. The molecule has 3 rings (SSSR count). The van der Waals surface area contributed by atoms with Crippen LogP contribution in [-0.4, -0.2) is 43.7 Å². The van der Waals surface area contributed by atoms with Gasteiger partial charge in [-0.15, -0.1) is 11.8 Å². The second-order valence-corrected chi connectivity index (χ2v) is 6.35. The van der Waals surface area contributed by atoms with Crippen molar-refractivity contribution in [2.75, 3.05) is 36.8 Å². The molecule has 22 heavy (non-hydrogen) atoms. The molecule has 0 fully saturated rings. The molecule has 116 valence electrons. The zero-order valence-corrected chi connectivity index (χ0v) is 13.1. The van der Waals surface area contributed by atoms with Gasteiger partial charge in [-0.25, -0.2) is 0 Å². The lowest BCUT2D eigenvalue weighted by Gasteiger charge is -2.28. The predicted molar refractivity (Wildman–Crippen MR) is 88.1 cm³/mol. The third-order valence-electron chi connectivity index (χ3n) is 3.78. The molecule has 2 N–H and O–H groups in total. The molecule has 0 atom stereocenters. The Morgan fingerprint density at radius 1 is 1.36 bits per heavy atom. The first kappa shape index (κ1) is 15.1. The monoisotopic (exact) mass is 317 g/mol. The van der Waals surface area contributed by atoms with Gasteiger partial charge in [0.1, 0.15) is 6.54 Å². The summed E-state index contributed by atoms with van der Waals surface area (Å²) in [6, 6.07) is 7.71. The van der Waals surface area contributed by atoms with Crippen LogP contribution in [0.25, 0.3) is 0 Å². The topological polar surface area (TPSA) is 61.4 Å². The van der Waals surface area contributed by atoms with Crippen molar-refractivity contribution >= 4 is 29.3 Å². The molecule has 2 aliphatic heterocycles. The van der Waals surface area contributed by atoms with Crippen molar-refractivity contribution in [2.45, 2.75) is 11.3 Å². The van der Waals surface area contributed by atoms with Gasteiger partial charge in [0.25, 0.3) is 0 Å². The number of hydrogen-bond donors (Lipinski definition) is 2. The highest BCUT2D eigenvalue weighted by atomic mass is 32.2. The number of amides is 2. The molecular weight excluding hydrogens is 298 g/mol. The van der Waals surface area contributed by atoms with Crippen LogP contribution in [0.3, 0.4) is 0 Å². The molecule has 5 nitrogen and oxygen atoms in total. The number of carbonyl (C=O) groups excluding carboxylic acids is 2. The first-order chi connectivity index (χ1) is 10.7. The smallest absolute Gasteiger partial charge is 0.240 e. The van der Waals surface area contributed by atoms with E-state index in [0.717, 1.165) is 30.1 Å². The lowest BCUT2D eigenvalue weighted by Crippen LogP contribution is -2.43. The molecule has 0 radical (unpaired) electrons. The molecule has 0 saturated heterocycles. The van der Waals surface area contributed by atoms with Crippen LogP contribution < -0.4 is 15.5 Å². The van der Waals surface area contributed by atoms with Gasteiger partial charge < -0.3 is 15.5 Å². The van der Waals surface area contributed by atoms with Crippen LogP contribution in [0, 0.1) is 0 Å². The summed E-state index contributed by atoms with van der Waals surface area (Å²) in [7, 11) is 0. The van der Waals surface area contributed by atoms with Crippen molar-refractivity contribution in [3.63, 3.8) is 0 Å². The van der Waals surface area contributed by atoms with Crippen LogP contribution in [-0.2, 0) is 9.59 Å². The second kappa shape index (κ2) is 6.98. The fraction of sp³-hybridized carbons (Fsp3) is 0.375. The van der Waals surface area contributed by atoms with Crippen LogP contribution in [0.5, 0.6) is 0 Å². The standard InChI is InChI=1S/C16H19N3O2S/c20-15(18-9-12-5-7-17-8-6-12)10-19-13-3-1-2-4-14(13)22-11-16(19)21/h1-5,17H,6-11H2,(H,18,20). The van der Waals surface area contributed by atoms with Gasteiger partial charge in [-0.3, -0.25) is 9.59 Å². The fourth-order valence-corrected chi connectivity index (χ4v) is 3.50. The number of nitrogens with one attached hydrogen (secondary N) is 2. The number of nitrogens with zero attached hydrogens (tertiary/aromatic N) is 1. The molecule has 2 heterocycles. The van der Waals surface area contributed by atoms with E-state index in [2.05, 4.69) is 16.7 Å². The zero-order chi connectivity index (χ0) is 15.4. The highest BCUT2D eigenvalue weighted by Gasteiger charge is 2.26. The summed E-state index contributed by atoms with van der Waals surface area (Å²) in [5, 5.41) is 6.16. The number of carbonyl (C=O) groups is 2. The molecule has 2 amide bonds. The van der Waals surface area contributed by atoms with Crippen molar-refractivity contribution in [1.82, 2.24) is 10.6 Å². The summed E-state index contributed by atoms with van der Waals surface area (Å²) in [4.78, 5) is 26.9. The van der Waals surface area contributed by atoms with Crippen molar-refractivity contribution in [3.05, 3.63) is 35.9 Å². The van der Waals surface area contributed by atoms with Crippen molar-refractivity contribution in [3.8, 4) is 0 Å². The number of anilines is 1. The lowest BCUT2D eigenvalue weighted by molar-refractivity contribution is -0.122. The molecule has 0 aliphatic carbocycles. The summed E-state index contributed by atoms with van der Waals surface area (Å²) < 4.78 is 0. The summed E-state index contributed by atoms with van der Waals surface area (Å²) in [5.74, 6) is 0.260. The predicted octanol–water partition coefficient (Wildman–Crippen LogP) is 1.16. The average molecular weight is 317 g/mol. The number of fused-ring (bicyclic) bond motifs is 1. The molecule has 0 bridgehead atoms. The summed E-state index contributed by atoms with van der Waals surface area (Å²) in [6.07, 6.45) is 3.07. The third kappa shape index (κ3) is 3.51. The second-order valence-electron chi connectivity index (χ2n) is 5.33. The number of para-hydroxylation sites is 1. The van der Waals surface area contributed by atoms with Gasteiger partial charge in [0.05, 0.1) is 11.4 Å². The summed E-state index contributed by atoms with van der Waals surface area (Å²) in [6.45, 7) is 2.47. The molecule has 1 aromatic carbocycles. The molecule has 0 spiro atoms. The van der Waals surface area contributed by atoms with Gasteiger partial charge in [0.15, 0.2) is 0 Å². The summed E-state index contributed by atoms with van der Waals surface area (Å²) in [5.41, 5.74) is 2.08. The average Bonchev–Trinajstić information content (AvgIpc) is 2.56. The highest BCUT2D eigenvalue weighted by Crippen LogP contribution is 2.34. The Kier molecular flexibility index (Phi) is 4.80. The maximum atomic E-state index is 12.2. The molecular formula is C16H19N3O2S. The Bertz CT molecular complexity index is 615. The fourth-order valence-electron chi connectivity index (χ4n) is 2.57. The largest absolute Gasteiger partial charge is 0.351 e. The Morgan fingerprint density at radius 3 is 3.05 bits per heavy atom. The van der Waals surface area contributed by atoms with Gasteiger partial charge in [-0.1, -0.05) is 23.8 Å². The van der Waals surface area contributed by atoms with E-state index >= 15 is 0 Å². The van der Waals surface area contributed by atoms with Crippen molar-refractivity contribution in [1.29, 1.82) is 0 Å². The minimum absolute atomic E-state index is 0.0140. The van der Waals surface area contributed by atoms with Gasteiger partial charge >= 0.3 is 0 Å². The van der Waals surface area contributed by atoms with E-state index in [4.69, 9.17) is 0 Å². The van der Waals surface area contributed by atoms with Gasteiger partial charge in [-0.05, 0) is 25.1 Å². The van der Waals surface area contributed by atoms with E-state index < -0.39 is 0 Å². The molecule has 6 heteroatoms. The molecule has 0 unspecified atom stereocenters. The number of rotatable bonds is 4. The number of hydrogen-bond acceptors (Lipinski definition) is 4. The first-order valence-corrected chi connectivity index (χ1v) is 8.40. The number of benzene rings is 1. The van der Waals surface area contributed by atoms with Crippen LogP contribution in [0.2, 0.25) is 0 Å². The Morgan fingerprint density at radius 2 is 2.23 bits per heavy atom. The van der Waals surface area contributed by atoms with Crippen molar-refractivity contribution < 1.29 is 9.59 Å². The molecule has 1 aromatic rings. The SMILES string of the molecule is O=C(CN1C(=O)CSc2ccccc21)NCC1=CCNCC1. The molecule has 0 aromatic heterocycles. The maximum absolute atomic E-state index is 12.2. The van der Waals surface area contributed by atoms with Gasteiger partial charge in [-0.2, -0.15) is 0 Å². The van der Waals surface area contributed by atoms with E-state index in [1.54, 1.807) is 4.90 Å². The quantitative estimate of drug-likeness (QED) is 0.818. The third-order valence-corrected chi connectivity index (χ3v) is 4.83. The van der Waals surface area contributed by atoms with Crippen LogP contribution in [0.1, 0.15) is 6.42 Å². The zero-order valence-electron chi connectivity index (χ0n) is 12.3. The number of thioether (sulfide) groups is 1. The van der Waals surface area contributed by atoms with E-state index in [9.17, 15) is 9.59 Å². The Hall–Kier alpha value is -1.79. The maximum Gasteiger partial charge on any atom is 0.240 e. The van der Waals surface area contributed by atoms with E-state index in [0.29, 0.717) is 12.3 Å². The van der Waals surface area contributed by atoms with Gasteiger partial charge in [0, 0.05) is 18.0 Å². The van der Waals surface area contributed by atoms with Crippen LogP contribution in [0.15, 0.2) is 40.8 Å². The van der Waals surface area contributed by atoms with E-state index in [-0.39, 0.29) is 18.4 Å². The lowest BCUT2D eigenvalue weighted by atomic mass is 10.1. The van der Waals surface area contributed by atoms with Crippen LogP contribution in [0.4, 0.5) is 5.69 Å². The van der Waals surface area contributed by atoms with E-state index in [1.165, 1.54) is 17.3 Å².